The number of alkyl halides is 3. The fourth-order valence-electron chi connectivity index (χ4n) is 3.42. The van der Waals surface area contributed by atoms with E-state index in [1.807, 2.05) is 0 Å². The minimum absolute atomic E-state index is 0.0500. The van der Waals surface area contributed by atoms with Crippen LogP contribution in [0.4, 0.5) is 13.2 Å². The van der Waals surface area contributed by atoms with Crippen molar-refractivity contribution in [1.29, 1.82) is 0 Å². The third-order valence-corrected chi connectivity index (χ3v) is 4.46. The van der Waals surface area contributed by atoms with E-state index in [-0.39, 0.29) is 11.5 Å². The maximum Gasteiger partial charge on any atom is 0.416 e. The summed E-state index contributed by atoms with van der Waals surface area (Å²) in [6.45, 7) is 2.24. The van der Waals surface area contributed by atoms with Gasteiger partial charge in [-0.1, -0.05) is 18.2 Å². The smallest absolute Gasteiger partial charge is 0.385 e. The molecule has 3 rings (SSSR count). The molecule has 1 aromatic carbocycles. The first-order chi connectivity index (χ1) is 8.91. The van der Waals surface area contributed by atoms with Gasteiger partial charge in [-0.2, -0.15) is 13.2 Å². The molecule has 3 atom stereocenters. The van der Waals surface area contributed by atoms with E-state index in [2.05, 4.69) is 4.90 Å². The lowest BCUT2D eigenvalue weighted by Gasteiger charge is -2.40. The Morgan fingerprint density at radius 3 is 2.68 bits per heavy atom. The maximum absolute atomic E-state index is 13.1. The number of benzene rings is 1. The number of aliphatic hydroxyl groups is 1. The lowest BCUT2D eigenvalue weighted by Crippen LogP contribution is -2.45. The van der Waals surface area contributed by atoms with Crippen molar-refractivity contribution in [3.63, 3.8) is 0 Å². The van der Waals surface area contributed by atoms with Gasteiger partial charge in [0.15, 0.2) is 0 Å². The third-order valence-electron chi connectivity index (χ3n) is 4.46. The van der Waals surface area contributed by atoms with Gasteiger partial charge in [0.1, 0.15) is 0 Å². The fraction of sp³-hybridized carbons (Fsp3) is 0.571. The topological polar surface area (TPSA) is 23.5 Å². The molecule has 1 aromatic rings. The van der Waals surface area contributed by atoms with Crippen molar-refractivity contribution in [3.05, 3.63) is 35.4 Å². The molecule has 1 N–H and O–H groups in total. The Morgan fingerprint density at radius 1 is 1.21 bits per heavy atom. The molecule has 0 saturated carbocycles. The van der Waals surface area contributed by atoms with Crippen molar-refractivity contribution < 1.29 is 18.3 Å². The summed E-state index contributed by atoms with van der Waals surface area (Å²) in [5.74, 6) is -0.0928. The number of hydrogen-bond acceptors (Lipinski definition) is 2. The molecule has 0 aromatic heterocycles. The van der Waals surface area contributed by atoms with Gasteiger partial charge in [0.2, 0.25) is 0 Å². The molecule has 2 saturated heterocycles. The van der Waals surface area contributed by atoms with Gasteiger partial charge in [0.25, 0.3) is 0 Å². The Kier molecular flexibility index (Phi) is 2.87. The lowest BCUT2D eigenvalue weighted by atomic mass is 9.75. The summed E-state index contributed by atoms with van der Waals surface area (Å²) in [6.07, 6.45) is -3.27. The SMILES string of the molecule is OC1(c2ccccc2C(F)(F)F)CCN2CCC1C2. The van der Waals surface area contributed by atoms with Gasteiger partial charge in [-0.25, -0.2) is 0 Å². The number of nitrogens with zero attached hydrogens (tertiary/aromatic N) is 1. The summed E-state index contributed by atoms with van der Waals surface area (Å²) in [4.78, 5) is 2.20. The highest BCUT2D eigenvalue weighted by atomic mass is 19.4. The van der Waals surface area contributed by atoms with Crippen LogP contribution in [-0.4, -0.2) is 29.6 Å². The van der Waals surface area contributed by atoms with Crippen LogP contribution < -0.4 is 0 Å². The molecule has 2 heterocycles. The van der Waals surface area contributed by atoms with E-state index in [1.165, 1.54) is 12.1 Å². The van der Waals surface area contributed by atoms with Gasteiger partial charge in [-0.15, -0.1) is 0 Å². The van der Waals surface area contributed by atoms with E-state index in [9.17, 15) is 18.3 Å². The highest BCUT2D eigenvalue weighted by molar-refractivity contribution is 5.36. The van der Waals surface area contributed by atoms with E-state index in [0.717, 1.165) is 19.0 Å². The minimum atomic E-state index is -4.41. The van der Waals surface area contributed by atoms with Crippen LogP contribution in [0, 0.1) is 5.92 Å². The third kappa shape index (κ3) is 2.05. The molecule has 0 aliphatic carbocycles. The molecule has 2 aliphatic rings. The van der Waals surface area contributed by atoms with Gasteiger partial charge in [0, 0.05) is 19.0 Å². The number of rotatable bonds is 1. The van der Waals surface area contributed by atoms with Crippen molar-refractivity contribution in [2.75, 3.05) is 19.6 Å². The van der Waals surface area contributed by atoms with Crippen molar-refractivity contribution in [2.45, 2.75) is 24.6 Å². The number of piperidine rings is 1. The molecule has 2 nitrogen and oxygen atoms in total. The van der Waals surface area contributed by atoms with E-state index >= 15 is 0 Å². The van der Waals surface area contributed by atoms with E-state index in [0.29, 0.717) is 19.5 Å². The average Bonchev–Trinajstić information content (AvgIpc) is 2.79. The first-order valence-electron chi connectivity index (χ1n) is 6.53. The number of hydrogen-bond donors (Lipinski definition) is 1. The summed E-state index contributed by atoms with van der Waals surface area (Å²) >= 11 is 0. The summed E-state index contributed by atoms with van der Waals surface area (Å²) < 4.78 is 39.3. The highest BCUT2D eigenvalue weighted by Gasteiger charge is 2.49. The Hall–Kier alpha value is -1.07. The second kappa shape index (κ2) is 4.21. The van der Waals surface area contributed by atoms with Crippen LogP contribution in [0.5, 0.6) is 0 Å². The zero-order chi connectivity index (χ0) is 13.7. The predicted octanol–water partition coefficient (Wildman–Crippen LogP) is 2.62. The van der Waals surface area contributed by atoms with Crippen LogP contribution >= 0.6 is 0 Å². The largest absolute Gasteiger partial charge is 0.416 e. The van der Waals surface area contributed by atoms with Crippen molar-refractivity contribution in [3.8, 4) is 0 Å². The van der Waals surface area contributed by atoms with Crippen LogP contribution in [0.3, 0.4) is 0 Å². The Morgan fingerprint density at radius 2 is 1.95 bits per heavy atom. The lowest BCUT2D eigenvalue weighted by molar-refractivity contribution is -0.143. The first kappa shape index (κ1) is 12.9. The Labute approximate surface area is 109 Å². The van der Waals surface area contributed by atoms with Crippen molar-refractivity contribution in [1.82, 2.24) is 4.90 Å². The minimum Gasteiger partial charge on any atom is -0.385 e. The number of halogens is 3. The van der Waals surface area contributed by atoms with Crippen LogP contribution in [0.1, 0.15) is 24.0 Å². The maximum atomic E-state index is 13.1. The summed E-state index contributed by atoms with van der Waals surface area (Å²) in [6, 6.07) is 5.44. The molecule has 19 heavy (non-hydrogen) atoms. The molecule has 3 unspecified atom stereocenters. The molecule has 5 heteroatoms. The fourth-order valence-corrected chi connectivity index (χ4v) is 3.42. The van der Waals surface area contributed by atoms with Gasteiger partial charge < -0.3 is 10.0 Å². The van der Waals surface area contributed by atoms with E-state index in [4.69, 9.17) is 0 Å². The molecule has 104 valence electrons. The van der Waals surface area contributed by atoms with E-state index in [1.54, 1.807) is 6.07 Å². The molecule has 2 bridgehead atoms. The Balaban J connectivity index is 2.06. The van der Waals surface area contributed by atoms with Crippen LogP contribution in [-0.2, 0) is 11.8 Å². The average molecular weight is 271 g/mol. The zero-order valence-electron chi connectivity index (χ0n) is 10.5. The second-order valence-corrected chi connectivity index (χ2v) is 5.50. The summed E-state index contributed by atoms with van der Waals surface area (Å²) in [5.41, 5.74) is -1.98. The predicted molar refractivity (Wildman–Crippen MR) is 64.5 cm³/mol. The monoisotopic (exact) mass is 271 g/mol. The van der Waals surface area contributed by atoms with Gasteiger partial charge in [0.05, 0.1) is 11.2 Å². The quantitative estimate of drug-likeness (QED) is 0.848. The van der Waals surface area contributed by atoms with Gasteiger partial charge in [-0.05, 0) is 31.0 Å². The highest BCUT2D eigenvalue weighted by Crippen LogP contribution is 2.46. The van der Waals surface area contributed by atoms with Crippen molar-refractivity contribution in [2.24, 2.45) is 5.92 Å². The normalized spacial score (nSPS) is 34.5. The van der Waals surface area contributed by atoms with Crippen LogP contribution in [0.25, 0.3) is 0 Å². The summed E-state index contributed by atoms with van der Waals surface area (Å²) in [5, 5.41) is 10.8. The molecule has 2 aliphatic heterocycles. The first-order valence-corrected chi connectivity index (χ1v) is 6.53. The molecule has 2 fully saturated rings. The standard InChI is InChI=1S/C14H16F3NO/c15-14(16,17)12-4-2-1-3-11(12)13(19)6-8-18-7-5-10(13)9-18/h1-4,10,19H,5-9H2. The summed E-state index contributed by atoms with van der Waals surface area (Å²) in [7, 11) is 0. The zero-order valence-corrected chi connectivity index (χ0v) is 10.5. The molecule has 0 radical (unpaired) electrons. The molecule has 0 amide bonds. The van der Waals surface area contributed by atoms with Gasteiger partial charge in [-0.3, -0.25) is 0 Å². The van der Waals surface area contributed by atoms with Crippen LogP contribution in [0.2, 0.25) is 0 Å². The van der Waals surface area contributed by atoms with Gasteiger partial charge >= 0.3 is 6.18 Å². The van der Waals surface area contributed by atoms with Crippen molar-refractivity contribution >= 4 is 0 Å². The molecule has 0 spiro atoms. The second-order valence-electron chi connectivity index (χ2n) is 5.50. The van der Waals surface area contributed by atoms with E-state index < -0.39 is 17.3 Å². The molecular weight excluding hydrogens is 255 g/mol. The number of fused-ring (bicyclic) bond motifs is 2. The Bertz CT molecular complexity index is 488. The van der Waals surface area contributed by atoms with Crippen LogP contribution in [0.15, 0.2) is 24.3 Å². The molecular formula is C14H16F3NO.